The second kappa shape index (κ2) is 24.1. The summed E-state index contributed by atoms with van der Waals surface area (Å²) in [5.74, 6) is 0.871. The maximum atomic E-state index is 5.71. The third-order valence-electron chi connectivity index (χ3n) is 3.16. The summed E-state index contributed by atoms with van der Waals surface area (Å²) in [7, 11) is 1.85. The number of nitrogens with two attached hydrogens (primary N) is 1. The van der Waals surface area contributed by atoms with Gasteiger partial charge in [-0.15, -0.1) is 0 Å². The summed E-state index contributed by atoms with van der Waals surface area (Å²) >= 11 is 3.53. The summed E-state index contributed by atoms with van der Waals surface area (Å²) in [6.45, 7) is 20.7. The van der Waals surface area contributed by atoms with Crippen molar-refractivity contribution in [1.82, 2.24) is 15.0 Å². The number of thiol groups is 1. The molecule has 8 heteroatoms. The lowest BCUT2D eigenvalue weighted by Crippen LogP contribution is -2.00. The van der Waals surface area contributed by atoms with Gasteiger partial charge in [0.05, 0.1) is 5.70 Å². The molecule has 0 spiro atoms. The highest BCUT2D eigenvalue weighted by Crippen LogP contribution is 2.22. The van der Waals surface area contributed by atoms with E-state index in [9.17, 15) is 0 Å². The average molecular weight is 460 g/mol. The van der Waals surface area contributed by atoms with E-state index in [0.29, 0.717) is 17.3 Å². The van der Waals surface area contributed by atoms with Crippen LogP contribution in [0.25, 0.3) is 5.70 Å². The van der Waals surface area contributed by atoms with E-state index in [-0.39, 0.29) is 0 Å². The molecule has 0 saturated heterocycles. The van der Waals surface area contributed by atoms with Gasteiger partial charge in [0, 0.05) is 43.6 Å². The maximum absolute atomic E-state index is 5.71. The third-order valence-corrected chi connectivity index (χ3v) is 3.16. The summed E-state index contributed by atoms with van der Waals surface area (Å²) in [4.78, 5) is 11.9. The van der Waals surface area contributed by atoms with Crippen LogP contribution in [0.4, 0.5) is 17.3 Å². The van der Waals surface area contributed by atoms with Crippen molar-refractivity contribution in [2.24, 2.45) is 10.1 Å². The van der Waals surface area contributed by atoms with Crippen LogP contribution in [0, 0.1) is 0 Å². The molecule has 0 fully saturated rings. The van der Waals surface area contributed by atoms with E-state index in [1.54, 1.807) is 23.7 Å². The Labute approximate surface area is 200 Å². The van der Waals surface area contributed by atoms with E-state index in [1.807, 2.05) is 71.3 Å². The molecule has 1 heterocycles. The monoisotopic (exact) mass is 459 g/mol. The molecule has 0 aliphatic heterocycles. The van der Waals surface area contributed by atoms with Crippen molar-refractivity contribution in [3.05, 3.63) is 61.1 Å². The molecule has 0 saturated carbocycles. The Morgan fingerprint density at radius 3 is 2.25 bits per heavy atom. The molecule has 0 unspecified atom stereocenters. The van der Waals surface area contributed by atoms with Crippen LogP contribution in [0.1, 0.15) is 46.6 Å². The van der Waals surface area contributed by atoms with Gasteiger partial charge in [0.1, 0.15) is 0 Å². The van der Waals surface area contributed by atoms with Crippen molar-refractivity contribution >= 4 is 49.1 Å². The number of hydrazone groups is 1. The smallest absolute Gasteiger partial charge is 0.173 e. The van der Waals surface area contributed by atoms with Gasteiger partial charge in [-0.2, -0.15) is 17.7 Å². The van der Waals surface area contributed by atoms with Crippen LogP contribution < -0.4 is 11.1 Å². The van der Waals surface area contributed by atoms with Crippen LogP contribution >= 0.6 is 12.6 Å². The molecular weight excluding hydrogens is 418 g/mol. The molecule has 2 rings (SSSR count). The zero-order valence-corrected chi connectivity index (χ0v) is 21.6. The fraction of sp³-hybridized carbons (Fsp3) is 0.333. The number of allylic oxidation sites excluding steroid dienone is 1. The summed E-state index contributed by atoms with van der Waals surface area (Å²) < 4.78 is 0. The van der Waals surface area contributed by atoms with E-state index in [1.165, 1.54) is 0 Å². The number of hydrogen-bond donors (Lipinski definition) is 3. The van der Waals surface area contributed by atoms with E-state index in [2.05, 4.69) is 64.9 Å². The molecule has 7 nitrogen and oxygen atoms in total. The number of rotatable bonds is 7. The van der Waals surface area contributed by atoms with Gasteiger partial charge in [-0.3, -0.25) is 10.0 Å². The quantitative estimate of drug-likeness (QED) is 0.249. The van der Waals surface area contributed by atoms with Crippen molar-refractivity contribution in [3.8, 4) is 0 Å². The Morgan fingerprint density at radius 1 is 1.16 bits per heavy atom. The Balaban J connectivity index is -0.000000507. The lowest BCUT2D eigenvalue weighted by Gasteiger charge is -2.08. The first-order valence-corrected chi connectivity index (χ1v) is 11.3. The zero-order chi connectivity index (χ0) is 25.4. The number of nitrogen functional groups attached to an aromatic ring is 1. The largest absolute Gasteiger partial charge is 0.381 e. The van der Waals surface area contributed by atoms with Gasteiger partial charge < -0.3 is 11.1 Å². The van der Waals surface area contributed by atoms with Crippen molar-refractivity contribution in [1.29, 1.82) is 0 Å². The number of nitrogens with zero attached hydrogens (tertiary/aromatic N) is 5. The van der Waals surface area contributed by atoms with Crippen molar-refractivity contribution in [2.45, 2.75) is 41.0 Å². The Hall–Kier alpha value is -3.13. The summed E-state index contributed by atoms with van der Waals surface area (Å²) in [6, 6.07) is 7.59. The van der Waals surface area contributed by atoms with Gasteiger partial charge in [-0.05, 0) is 31.5 Å². The SMILES string of the molecule is C=NC(=C)c1cccc(Nc2nccnc2N)c1.C=NN(C)/C=C/CC.CC.CC.CS. The number of nitrogens with one attached hydrogen (secondary N) is 1. The fourth-order valence-corrected chi connectivity index (χ4v) is 1.75. The molecule has 2 aromatic rings. The van der Waals surface area contributed by atoms with Gasteiger partial charge in [0.15, 0.2) is 11.6 Å². The molecule has 0 bridgehead atoms. The molecule has 0 amide bonds. The maximum Gasteiger partial charge on any atom is 0.173 e. The van der Waals surface area contributed by atoms with Crippen LogP contribution in [-0.4, -0.2) is 41.7 Å². The average Bonchev–Trinajstić information content (AvgIpc) is 2.87. The Morgan fingerprint density at radius 2 is 1.75 bits per heavy atom. The summed E-state index contributed by atoms with van der Waals surface area (Å²) in [5, 5.41) is 8.38. The molecule has 0 radical (unpaired) electrons. The van der Waals surface area contributed by atoms with Crippen molar-refractivity contribution in [2.75, 3.05) is 24.4 Å². The van der Waals surface area contributed by atoms with Gasteiger partial charge in [0.25, 0.3) is 0 Å². The number of hydrogen-bond acceptors (Lipinski definition) is 8. The Bertz CT molecular complexity index is 776. The minimum absolute atomic E-state index is 0.351. The molecule has 3 N–H and O–H groups in total. The van der Waals surface area contributed by atoms with Crippen LogP contribution in [0.2, 0.25) is 0 Å². The van der Waals surface area contributed by atoms with Crippen LogP contribution in [0.5, 0.6) is 0 Å². The van der Waals surface area contributed by atoms with Crippen molar-refractivity contribution in [3.63, 3.8) is 0 Å². The molecular formula is C24H41N7S. The standard InChI is InChI=1S/C13H13N5.C6H12N2.2C2H6.CH4S/c1-9(15-2)10-4-3-5-11(8-10)18-13-12(14)16-6-7-17-13;1-4-5-6-8(3)7-2;3*1-2/h3-8H,1-2H2,(H2,14,16)(H,17,18);5-6H,2,4H2,1,3H3;2*1-2H3;2H,1H3/b;6-5+;;;. The number of anilines is 3. The Kier molecular flexibility index (Phi) is 25.3. The van der Waals surface area contributed by atoms with Gasteiger partial charge in [-0.1, -0.05) is 59.4 Å². The highest BCUT2D eigenvalue weighted by atomic mass is 32.1. The number of aliphatic imine (C=N–C) groups is 1. The molecule has 32 heavy (non-hydrogen) atoms. The molecule has 0 aliphatic carbocycles. The molecule has 0 atom stereocenters. The molecule has 1 aromatic carbocycles. The summed E-state index contributed by atoms with van der Waals surface area (Å²) in [5.41, 5.74) is 8.05. The minimum Gasteiger partial charge on any atom is -0.381 e. The second-order valence-electron chi connectivity index (χ2n) is 5.11. The van der Waals surface area contributed by atoms with Crippen LogP contribution in [0.3, 0.4) is 0 Å². The van der Waals surface area contributed by atoms with Gasteiger partial charge in [-0.25, -0.2) is 9.97 Å². The normalized spacial score (nSPS) is 8.50. The highest BCUT2D eigenvalue weighted by Gasteiger charge is 2.03. The third kappa shape index (κ3) is 15.7. The topological polar surface area (TPSA) is 91.8 Å². The van der Waals surface area contributed by atoms with Gasteiger partial charge in [0.2, 0.25) is 0 Å². The summed E-state index contributed by atoms with van der Waals surface area (Å²) in [6.07, 6.45) is 9.76. The highest BCUT2D eigenvalue weighted by molar-refractivity contribution is 7.79. The predicted octanol–water partition coefficient (Wildman–Crippen LogP) is 6.53. The van der Waals surface area contributed by atoms with E-state index < -0.39 is 0 Å². The molecule has 0 aliphatic rings. The van der Waals surface area contributed by atoms with E-state index in [0.717, 1.165) is 17.7 Å². The van der Waals surface area contributed by atoms with Crippen molar-refractivity contribution < 1.29 is 0 Å². The van der Waals surface area contributed by atoms with Crippen LogP contribution in [0.15, 0.2) is 65.6 Å². The first-order chi connectivity index (χ1) is 15.5. The second-order valence-corrected chi connectivity index (χ2v) is 5.11. The number of benzene rings is 1. The van der Waals surface area contributed by atoms with E-state index in [4.69, 9.17) is 5.73 Å². The van der Waals surface area contributed by atoms with E-state index >= 15 is 0 Å². The molecule has 178 valence electrons. The molecule has 1 aromatic heterocycles. The fourth-order valence-electron chi connectivity index (χ4n) is 1.75. The zero-order valence-electron chi connectivity index (χ0n) is 20.7. The first kappa shape index (κ1) is 33.5. The lowest BCUT2D eigenvalue weighted by atomic mass is 10.1. The van der Waals surface area contributed by atoms with Crippen LogP contribution in [-0.2, 0) is 0 Å². The predicted molar refractivity (Wildman–Crippen MR) is 149 cm³/mol. The number of aromatic nitrogens is 2. The lowest BCUT2D eigenvalue weighted by molar-refractivity contribution is 0.493. The van der Waals surface area contributed by atoms with Gasteiger partial charge >= 0.3 is 0 Å². The minimum atomic E-state index is 0.351. The first-order valence-electron chi connectivity index (χ1n) is 10.4.